The Hall–Kier alpha value is -4.30. The second kappa shape index (κ2) is 8.68. The van der Waals surface area contributed by atoms with Gasteiger partial charge >= 0.3 is 0 Å². The van der Waals surface area contributed by atoms with Gasteiger partial charge in [0.1, 0.15) is 17.2 Å². The lowest BCUT2D eigenvalue weighted by Crippen LogP contribution is -2.30. The van der Waals surface area contributed by atoms with Gasteiger partial charge < -0.3 is 10.1 Å². The molecule has 2 aromatic carbocycles. The molecule has 3 amide bonds. The Balaban J connectivity index is 1.36. The predicted octanol–water partition coefficient (Wildman–Crippen LogP) is 4.78. The van der Waals surface area contributed by atoms with Gasteiger partial charge in [0.2, 0.25) is 0 Å². The molecule has 0 unspecified atom stereocenters. The van der Waals surface area contributed by atoms with E-state index in [-0.39, 0.29) is 24.3 Å². The van der Waals surface area contributed by atoms with E-state index in [1.807, 2.05) is 6.07 Å². The van der Waals surface area contributed by atoms with Crippen LogP contribution >= 0.6 is 11.3 Å². The molecule has 33 heavy (non-hydrogen) atoms. The van der Waals surface area contributed by atoms with Gasteiger partial charge in [-0.25, -0.2) is 4.90 Å². The van der Waals surface area contributed by atoms with E-state index in [4.69, 9.17) is 4.74 Å². The van der Waals surface area contributed by atoms with E-state index < -0.39 is 0 Å². The summed E-state index contributed by atoms with van der Waals surface area (Å²) in [4.78, 5) is 44.1. The van der Waals surface area contributed by atoms with Gasteiger partial charge in [0.05, 0.1) is 28.7 Å². The number of carbonyl (C=O) groups excluding carboxylic acids is 3. The molecule has 0 radical (unpaired) electrons. The van der Waals surface area contributed by atoms with Crippen LogP contribution in [0.1, 0.15) is 36.0 Å². The average Bonchev–Trinajstić information content (AvgIpc) is 3.42. The zero-order valence-corrected chi connectivity index (χ0v) is 18.0. The minimum atomic E-state index is -0.366. The molecule has 0 saturated carbocycles. The first kappa shape index (κ1) is 20.6. The molecule has 0 saturated heterocycles. The minimum absolute atomic E-state index is 0.0769. The van der Waals surface area contributed by atoms with Crippen LogP contribution in [0, 0.1) is 0 Å². The zero-order valence-electron chi connectivity index (χ0n) is 17.2. The second-order valence-electron chi connectivity index (χ2n) is 7.22. The number of nitrogens with zero attached hydrogens (tertiary/aromatic N) is 2. The maximum Gasteiger partial charge on any atom is 0.269 e. The van der Waals surface area contributed by atoms with Crippen molar-refractivity contribution in [3.63, 3.8) is 0 Å². The van der Waals surface area contributed by atoms with Gasteiger partial charge in [-0.3, -0.25) is 19.4 Å². The molecule has 0 spiro atoms. The molecule has 1 aliphatic heterocycles. The summed E-state index contributed by atoms with van der Waals surface area (Å²) in [6, 6.07) is 19.0. The third-order valence-electron chi connectivity index (χ3n) is 5.16. The van der Waals surface area contributed by atoms with E-state index in [0.29, 0.717) is 38.7 Å². The number of benzene rings is 2. The number of rotatable bonds is 6. The van der Waals surface area contributed by atoms with Crippen molar-refractivity contribution in [3.8, 4) is 5.75 Å². The monoisotopic (exact) mass is 455 g/mol. The Labute approximate surface area is 193 Å². The molecule has 1 aliphatic rings. The Kier molecular flexibility index (Phi) is 5.42. The molecule has 1 N–H and O–H groups in total. The van der Waals surface area contributed by atoms with Crippen LogP contribution in [-0.4, -0.2) is 22.7 Å². The van der Waals surface area contributed by atoms with Crippen LogP contribution in [0.5, 0.6) is 5.75 Å². The number of anilines is 2. The minimum Gasteiger partial charge on any atom is -0.487 e. The number of imide groups is 1. The highest BCUT2D eigenvalue weighted by atomic mass is 32.1. The largest absolute Gasteiger partial charge is 0.487 e. The maximum atomic E-state index is 12.9. The number of hydrogen-bond donors (Lipinski definition) is 1. The maximum absolute atomic E-state index is 12.9. The lowest BCUT2D eigenvalue weighted by atomic mass is 10.1. The number of fused-ring (bicyclic) bond motifs is 1. The van der Waals surface area contributed by atoms with E-state index in [2.05, 4.69) is 10.3 Å². The van der Waals surface area contributed by atoms with Crippen LogP contribution in [0.25, 0.3) is 0 Å². The van der Waals surface area contributed by atoms with E-state index in [1.165, 1.54) is 16.2 Å². The number of para-hydroxylation sites is 1. The van der Waals surface area contributed by atoms with Crippen molar-refractivity contribution in [2.45, 2.75) is 6.61 Å². The van der Waals surface area contributed by atoms with Crippen molar-refractivity contribution in [2.24, 2.45) is 0 Å². The first-order valence-electron chi connectivity index (χ1n) is 10.1. The fourth-order valence-electron chi connectivity index (χ4n) is 3.62. The number of nitrogens with one attached hydrogen (secondary N) is 1. The van der Waals surface area contributed by atoms with Crippen LogP contribution in [-0.2, 0) is 6.61 Å². The van der Waals surface area contributed by atoms with E-state index in [1.54, 1.807) is 78.4 Å². The summed E-state index contributed by atoms with van der Waals surface area (Å²) in [6.45, 7) is 0.0769. The molecule has 8 heteroatoms. The van der Waals surface area contributed by atoms with Crippen molar-refractivity contribution in [2.75, 3.05) is 10.2 Å². The van der Waals surface area contributed by atoms with Crippen LogP contribution in [0.3, 0.4) is 0 Å². The van der Waals surface area contributed by atoms with Crippen molar-refractivity contribution in [1.29, 1.82) is 0 Å². The quantitative estimate of drug-likeness (QED) is 0.423. The Morgan fingerprint density at radius 3 is 2.39 bits per heavy atom. The highest BCUT2D eigenvalue weighted by Gasteiger charge is 2.37. The third-order valence-corrected chi connectivity index (χ3v) is 6.06. The molecular weight excluding hydrogens is 438 g/mol. The molecular formula is C25H17N3O4S. The topological polar surface area (TPSA) is 88.6 Å². The number of carbonyl (C=O) groups is 3. The van der Waals surface area contributed by atoms with E-state index in [9.17, 15) is 14.4 Å². The number of pyridine rings is 1. The van der Waals surface area contributed by atoms with Crippen molar-refractivity contribution in [3.05, 3.63) is 106 Å². The second-order valence-corrected chi connectivity index (χ2v) is 8.13. The van der Waals surface area contributed by atoms with Crippen molar-refractivity contribution >= 4 is 40.4 Å². The number of amides is 3. The summed E-state index contributed by atoms with van der Waals surface area (Å²) in [7, 11) is 0. The molecule has 0 bridgehead atoms. The molecule has 5 rings (SSSR count). The first-order chi connectivity index (χ1) is 16.1. The van der Waals surface area contributed by atoms with Crippen molar-refractivity contribution in [1.82, 2.24) is 4.98 Å². The molecule has 0 atom stereocenters. The van der Waals surface area contributed by atoms with Gasteiger partial charge in [-0.2, -0.15) is 0 Å². The fourth-order valence-corrected chi connectivity index (χ4v) is 4.34. The SMILES string of the molecule is O=C(Nc1cccnc1)c1sccc1OCc1ccccc1N1C(=O)c2ccccc2C1=O. The van der Waals surface area contributed by atoms with Gasteiger partial charge in [-0.15, -0.1) is 11.3 Å². The lowest BCUT2D eigenvalue weighted by molar-refractivity contribution is 0.0924. The fraction of sp³-hybridized carbons (Fsp3) is 0.0400. The highest BCUT2D eigenvalue weighted by Crippen LogP contribution is 2.32. The van der Waals surface area contributed by atoms with Crippen molar-refractivity contribution < 1.29 is 19.1 Å². The lowest BCUT2D eigenvalue weighted by Gasteiger charge is -2.18. The van der Waals surface area contributed by atoms with E-state index in [0.717, 1.165) is 0 Å². The zero-order chi connectivity index (χ0) is 22.8. The summed E-state index contributed by atoms with van der Waals surface area (Å²) in [5, 5.41) is 4.56. The Morgan fingerprint density at radius 2 is 1.67 bits per heavy atom. The number of thiophene rings is 1. The van der Waals surface area contributed by atoms with Crippen LogP contribution < -0.4 is 15.0 Å². The molecule has 162 valence electrons. The molecule has 7 nitrogen and oxygen atoms in total. The molecule has 3 heterocycles. The Bertz CT molecular complexity index is 1330. The van der Waals surface area contributed by atoms with Gasteiger partial charge in [0, 0.05) is 11.8 Å². The van der Waals surface area contributed by atoms with Crippen LogP contribution in [0.15, 0.2) is 84.5 Å². The summed E-state index contributed by atoms with van der Waals surface area (Å²) >= 11 is 1.26. The number of hydrogen-bond acceptors (Lipinski definition) is 6. The normalized spacial score (nSPS) is 12.5. The summed E-state index contributed by atoms with van der Waals surface area (Å²) in [5.74, 6) is -0.620. The van der Waals surface area contributed by atoms with Gasteiger partial charge in [-0.05, 0) is 41.8 Å². The highest BCUT2D eigenvalue weighted by molar-refractivity contribution is 7.12. The summed E-state index contributed by atoms with van der Waals surface area (Å²) < 4.78 is 5.95. The molecule has 0 fully saturated rings. The Morgan fingerprint density at radius 1 is 0.939 bits per heavy atom. The van der Waals surface area contributed by atoms with Gasteiger partial charge in [0.25, 0.3) is 17.7 Å². The smallest absolute Gasteiger partial charge is 0.269 e. The third kappa shape index (κ3) is 3.88. The summed E-state index contributed by atoms with van der Waals surface area (Å²) in [5.41, 5.74) is 2.45. The average molecular weight is 455 g/mol. The van der Waals surface area contributed by atoms with Gasteiger partial charge in [0.15, 0.2) is 0 Å². The first-order valence-corrected chi connectivity index (χ1v) is 11.0. The summed E-state index contributed by atoms with van der Waals surface area (Å²) in [6.07, 6.45) is 3.19. The predicted molar refractivity (Wildman–Crippen MR) is 125 cm³/mol. The number of ether oxygens (including phenoxy) is 1. The molecule has 0 aliphatic carbocycles. The van der Waals surface area contributed by atoms with Crippen LogP contribution in [0.2, 0.25) is 0 Å². The van der Waals surface area contributed by atoms with Crippen LogP contribution in [0.4, 0.5) is 11.4 Å². The van der Waals surface area contributed by atoms with E-state index >= 15 is 0 Å². The molecule has 2 aromatic heterocycles. The van der Waals surface area contributed by atoms with Gasteiger partial charge in [-0.1, -0.05) is 30.3 Å². The standard InChI is InChI=1S/C25H17N3O4S/c29-23(27-17-7-5-12-26-14-17)22-21(11-13-33-22)32-15-16-6-1-4-10-20(16)28-24(30)18-8-2-3-9-19(18)25(28)31/h1-14H,15H2,(H,27,29). The number of aromatic nitrogens is 1. The molecule has 4 aromatic rings.